The van der Waals surface area contributed by atoms with Crippen molar-refractivity contribution in [1.29, 1.82) is 0 Å². The van der Waals surface area contributed by atoms with E-state index in [0.717, 1.165) is 18.4 Å². The maximum Gasteiger partial charge on any atom is 0.287 e. The fraction of sp³-hybridized carbons (Fsp3) is 0.364. The lowest BCUT2D eigenvalue weighted by Gasteiger charge is -2.26. The van der Waals surface area contributed by atoms with Crippen LogP contribution in [0.5, 0.6) is 0 Å². The maximum atomic E-state index is 11.9. The third-order valence-electron chi connectivity index (χ3n) is 3.06. The largest absolute Gasteiger partial charge is 0.327 e. The van der Waals surface area contributed by atoms with Crippen LogP contribution >= 0.6 is 11.6 Å². The van der Waals surface area contributed by atoms with E-state index in [2.05, 4.69) is 4.40 Å². The normalized spacial score (nSPS) is 21.4. The van der Waals surface area contributed by atoms with Gasteiger partial charge < -0.3 is 4.90 Å². The molecule has 0 radical (unpaired) electrons. The summed E-state index contributed by atoms with van der Waals surface area (Å²) in [5, 5.41) is 0.282. The molecule has 17 heavy (non-hydrogen) atoms. The van der Waals surface area contributed by atoms with Crippen molar-refractivity contribution < 1.29 is 8.42 Å². The highest BCUT2D eigenvalue weighted by Gasteiger charge is 2.36. The first-order valence-corrected chi connectivity index (χ1v) is 7.20. The average Bonchev–Trinajstić information content (AvgIpc) is 3.06. The van der Waals surface area contributed by atoms with Gasteiger partial charge in [-0.1, -0.05) is 17.7 Å². The highest BCUT2D eigenvalue weighted by Crippen LogP contribution is 2.41. The summed E-state index contributed by atoms with van der Waals surface area (Å²) in [6.07, 6.45) is 3.54. The predicted molar refractivity (Wildman–Crippen MR) is 67.4 cm³/mol. The second-order valence-electron chi connectivity index (χ2n) is 4.38. The maximum absolute atomic E-state index is 11.9. The van der Waals surface area contributed by atoms with Crippen LogP contribution in [-0.2, 0) is 10.0 Å². The van der Waals surface area contributed by atoms with Crippen molar-refractivity contribution >= 4 is 33.7 Å². The van der Waals surface area contributed by atoms with Gasteiger partial charge in [-0.05, 0) is 31.4 Å². The zero-order valence-electron chi connectivity index (χ0n) is 9.22. The Morgan fingerprint density at radius 2 is 2.12 bits per heavy atom. The number of nitrogens with zero attached hydrogens (tertiary/aromatic N) is 2. The summed E-state index contributed by atoms with van der Waals surface area (Å²) >= 11 is 6.11. The van der Waals surface area contributed by atoms with Crippen LogP contribution in [0.3, 0.4) is 0 Å². The molecule has 1 aromatic rings. The van der Waals surface area contributed by atoms with Crippen molar-refractivity contribution in [1.82, 2.24) is 0 Å². The van der Waals surface area contributed by atoms with Crippen molar-refractivity contribution in [3.05, 3.63) is 22.7 Å². The van der Waals surface area contributed by atoms with E-state index in [1.807, 2.05) is 11.0 Å². The second kappa shape index (κ2) is 3.46. The fourth-order valence-electron chi connectivity index (χ4n) is 1.96. The molecule has 0 N–H and O–H groups in total. The van der Waals surface area contributed by atoms with Gasteiger partial charge in [-0.3, -0.25) is 0 Å². The average molecular weight is 271 g/mol. The topological polar surface area (TPSA) is 49.7 Å². The molecule has 3 rings (SSSR count). The molecule has 0 spiro atoms. The van der Waals surface area contributed by atoms with E-state index >= 15 is 0 Å². The Bertz CT molecular complexity index is 621. The molecule has 0 atom stereocenters. The number of hydrogen-bond acceptors (Lipinski definition) is 3. The fourth-order valence-corrected chi connectivity index (χ4v) is 3.57. The minimum Gasteiger partial charge on any atom is -0.327 e. The Morgan fingerprint density at radius 3 is 2.76 bits per heavy atom. The highest BCUT2D eigenvalue weighted by molar-refractivity contribution is 7.90. The Hall–Kier alpha value is -1.07. The van der Waals surface area contributed by atoms with Crippen LogP contribution in [-0.4, -0.2) is 20.8 Å². The van der Waals surface area contributed by atoms with Gasteiger partial charge in [-0.2, -0.15) is 8.42 Å². The first-order chi connectivity index (χ1) is 8.00. The molecule has 1 aliphatic carbocycles. The first kappa shape index (κ1) is 11.0. The Kier molecular flexibility index (Phi) is 2.25. The molecule has 2 aliphatic rings. The van der Waals surface area contributed by atoms with Crippen LogP contribution in [0, 0.1) is 6.92 Å². The van der Waals surface area contributed by atoms with Crippen LogP contribution in [0.15, 0.2) is 21.4 Å². The van der Waals surface area contributed by atoms with Gasteiger partial charge >= 0.3 is 0 Å². The van der Waals surface area contributed by atoms with Gasteiger partial charge in [0.2, 0.25) is 0 Å². The zero-order chi connectivity index (χ0) is 12.2. The molecule has 1 aliphatic heterocycles. The van der Waals surface area contributed by atoms with Gasteiger partial charge in [-0.15, -0.1) is 4.40 Å². The van der Waals surface area contributed by atoms with Gasteiger partial charge in [0.15, 0.2) is 0 Å². The van der Waals surface area contributed by atoms with E-state index in [-0.39, 0.29) is 9.92 Å². The van der Waals surface area contributed by atoms with Crippen LogP contribution in [0.2, 0.25) is 5.02 Å². The molecule has 0 saturated heterocycles. The Labute approximate surface area is 105 Å². The van der Waals surface area contributed by atoms with Crippen LogP contribution in [0.25, 0.3) is 0 Å². The van der Waals surface area contributed by atoms with E-state index < -0.39 is 10.0 Å². The van der Waals surface area contributed by atoms with Crippen LogP contribution < -0.4 is 4.90 Å². The Morgan fingerprint density at radius 1 is 1.41 bits per heavy atom. The number of hydrogen-bond donors (Lipinski definition) is 0. The number of aryl methyl sites for hydroxylation is 1. The molecule has 6 heteroatoms. The van der Waals surface area contributed by atoms with Crippen LogP contribution in [0.4, 0.5) is 5.69 Å². The van der Waals surface area contributed by atoms with Crippen molar-refractivity contribution in [2.24, 2.45) is 4.40 Å². The number of anilines is 1. The number of rotatable bonds is 1. The predicted octanol–water partition coefficient (Wildman–Crippen LogP) is 2.35. The third kappa shape index (κ3) is 1.65. The minimum atomic E-state index is -3.64. The lowest BCUT2D eigenvalue weighted by molar-refractivity contribution is 0.597. The Balaban J connectivity index is 2.28. The molecular formula is C11H11ClN2O2S. The van der Waals surface area contributed by atoms with Crippen molar-refractivity contribution in [2.75, 3.05) is 4.90 Å². The van der Waals surface area contributed by atoms with Gasteiger partial charge in [0.05, 0.1) is 10.7 Å². The molecule has 0 bridgehead atoms. The highest BCUT2D eigenvalue weighted by atomic mass is 35.5. The van der Waals surface area contributed by atoms with E-state index in [1.54, 1.807) is 13.0 Å². The summed E-state index contributed by atoms with van der Waals surface area (Å²) in [6.45, 7) is 1.79. The zero-order valence-corrected chi connectivity index (χ0v) is 10.8. The molecule has 90 valence electrons. The molecule has 4 nitrogen and oxygen atoms in total. The van der Waals surface area contributed by atoms with E-state index in [1.165, 1.54) is 6.34 Å². The first-order valence-electron chi connectivity index (χ1n) is 5.38. The molecule has 1 heterocycles. The second-order valence-corrected chi connectivity index (χ2v) is 6.33. The molecule has 1 fully saturated rings. The smallest absolute Gasteiger partial charge is 0.287 e. The molecule has 0 unspecified atom stereocenters. The van der Waals surface area contributed by atoms with Crippen molar-refractivity contribution in [2.45, 2.75) is 30.7 Å². The van der Waals surface area contributed by atoms with E-state index in [9.17, 15) is 8.42 Å². The molecule has 1 saturated carbocycles. The van der Waals surface area contributed by atoms with Gasteiger partial charge in [0.1, 0.15) is 11.2 Å². The summed E-state index contributed by atoms with van der Waals surface area (Å²) in [5.74, 6) is 0. The molecular weight excluding hydrogens is 260 g/mol. The van der Waals surface area contributed by atoms with E-state index in [0.29, 0.717) is 11.7 Å². The summed E-state index contributed by atoms with van der Waals surface area (Å²) in [5.41, 5.74) is 1.40. The molecule has 1 aromatic carbocycles. The van der Waals surface area contributed by atoms with Gasteiger partial charge in [-0.25, -0.2) is 0 Å². The SMILES string of the molecule is Cc1ccc2c(c1Cl)S(=O)(=O)N=CN2C1CC1. The van der Waals surface area contributed by atoms with Crippen molar-refractivity contribution in [3.63, 3.8) is 0 Å². The van der Waals surface area contributed by atoms with Gasteiger partial charge in [0, 0.05) is 6.04 Å². The van der Waals surface area contributed by atoms with Crippen LogP contribution in [0.1, 0.15) is 18.4 Å². The third-order valence-corrected chi connectivity index (χ3v) is 4.96. The minimum absolute atomic E-state index is 0.147. The summed E-state index contributed by atoms with van der Waals surface area (Å²) in [6, 6.07) is 4.01. The summed E-state index contributed by atoms with van der Waals surface area (Å²) in [4.78, 5) is 2.05. The van der Waals surface area contributed by atoms with Crippen molar-refractivity contribution in [3.8, 4) is 0 Å². The summed E-state index contributed by atoms with van der Waals surface area (Å²) in [7, 11) is -3.64. The monoisotopic (exact) mass is 270 g/mol. The number of halogens is 1. The lowest BCUT2D eigenvalue weighted by atomic mass is 10.2. The quantitative estimate of drug-likeness (QED) is 0.787. The van der Waals surface area contributed by atoms with Gasteiger partial charge in [0.25, 0.3) is 10.0 Å². The lowest BCUT2D eigenvalue weighted by Crippen LogP contribution is -2.29. The van der Waals surface area contributed by atoms with E-state index in [4.69, 9.17) is 11.6 Å². The standard InChI is InChI=1S/C11H11ClN2O2S/c1-7-2-5-9-11(10(7)12)17(15,16)13-6-14(9)8-3-4-8/h2,5-6,8H,3-4H2,1H3. The number of fused-ring (bicyclic) bond motifs is 1. The molecule has 0 aromatic heterocycles. The number of benzene rings is 1. The summed E-state index contributed by atoms with van der Waals surface area (Å²) < 4.78 is 27.5. The molecule has 0 amide bonds. The number of sulfonamides is 1.